The van der Waals surface area contributed by atoms with Gasteiger partial charge in [-0.2, -0.15) is 0 Å². The molecule has 0 aliphatic carbocycles. The van der Waals surface area contributed by atoms with Crippen LogP contribution in [0.1, 0.15) is 0 Å². The molecule has 2 heterocycles. The first-order valence-electron chi connectivity index (χ1n) is 8.21. The van der Waals surface area contributed by atoms with Crippen LogP contribution in [0.15, 0.2) is 24.3 Å². The Labute approximate surface area is 142 Å². The number of hydrogen-bond acceptors (Lipinski definition) is 5. The molecule has 3 rings (SSSR count). The first kappa shape index (κ1) is 17.0. The normalized spacial score (nSPS) is 21.8. The first-order valence-corrected chi connectivity index (χ1v) is 8.59. The predicted octanol–water partition coefficient (Wildman–Crippen LogP) is 1.35. The Morgan fingerprint density at radius 3 is 2.43 bits per heavy atom. The summed E-state index contributed by atoms with van der Waals surface area (Å²) in [4.78, 5) is 4.85. The third kappa shape index (κ3) is 4.37. The number of benzene rings is 1. The lowest BCUT2D eigenvalue weighted by molar-refractivity contribution is -0.150. The van der Waals surface area contributed by atoms with Crippen molar-refractivity contribution in [2.45, 2.75) is 0 Å². The van der Waals surface area contributed by atoms with Gasteiger partial charge >= 0.3 is 0 Å². The molecule has 2 fully saturated rings. The second kappa shape index (κ2) is 7.81. The number of halogens is 1. The lowest BCUT2D eigenvalue weighted by atomic mass is 9.86. The van der Waals surface area contributed by atoms with Crippen LogP contribution in [0.25, 0.3) is 0 Å². The number of ether oxygens (including phenoxy) is 2. The standard InChI is InChI=1S/C17H25ClN2O3/c18-15-3-1-2-4-16(15)23-10-9-19-5-7-20(8-6-19)11-17(12-21)13-22-14-17/h1-4,21H,5-14H2. The molecule has 0 saturated carbocycles. The molecule has 0 aromatic heterocycles. The van der Waals surface area contributed by atoms with Gasteiger partial charge in [-0.05, 0) is 12.1 Å². The molecule has 0 spiro atoms. The van der Waals surface area contributed by atoms with Gasteiger partial charge in [0.2, 0.25) is 0 Å². The molecular formula is C17H25ClN2O3. The van der Waals surface area contributed by atoms with E-state index in [-0.39, 0.29) is 12.0 Å². The fourth-order valence-electron chi connectivity index (χ4n) is 3.12. The minimum Gasteiger partial charge on any atom is -0.491 e. The summed E-state index contributed by atoms with van der Waals surface area (Å²) < 4.78 is 11.0. The highest BCUT2D eigenvalue weighted by Gasteiger charge is 2.40. The van der Waals surface area contributed by atoms with Crippen molar-refractivity contribution in [2.24, 2.45) is 5.41 Å². The number of rotatable bonds is 7. The lowest BCUT2D eigenvalue weighted by Gasteiger charge is -2.45. The van der Waals surface area contributed by atoms with Crippen LogP contribution in [0.2, 0.25) is 5.02 Å². The van der Waals surface area contributed by atoms with Crippen LogP contribution in [-0.4, -0.2) is 80.6 Å². The summed E-state index contributed by atoms with van der Waals surface area (Å²) in [5.74, 6) is 0.752. The fraction of sp³-hybridized carbons (Fsp3) is 0.647. The van der Waals surface area contributed by atoms with Crippen molar-refractivity contribution in [3.8, 4) is 5.75 Å². The summed E-state index contributed by atoms with van der Waals surface area (Å²) >= 11 is 6.08. The van der Waals surface area contributed by atoms with Gasteiger partial charge in [-0.3, -0.25) is 9.80 Å². The molecule has 2 aliphatic rings. The highest BCUT2D eigenvalue weighted by atomic mass is 35.5. The zero-order valence-electron chi connectivity index (χ0n) is 13.4. The number of nitrogens with zero attached hydrogens (tertiary/aromatic N) is 2. The van der Waals surface area contributed by atoms with E-state index in [0.717, 1.165) is 45.0 Å². The van der Waals surface area contributed by atoms with Crippen LogP contribution < -0.4 is 4.74 Å². The Balaban J connectivity index is 1.35. The maximum atomic E-state index is 9.52. The molecule has 0 amide bonds. The van der Waals surface area contributed by atoms with Gasteiger partial charge in [-0.15, -0.1) is 0 Å². The summed E-state index contributed by atoms with van der Waals surface area (Å²) in [6, 6.07) is 7.58. The van der Waals surface area contributed by atoms with E-state index < -0.39 is 0 Å². The SMILES string of the molecule is OCC1(CN2CCN(CCOc3ccccc3Cl)CC2)COC1. The minimum atomic E-state index is -0.0185. The second-order valence-corrected chi connectivity index (χ2v) is 6.95. The quantitative estimate of drug-likeness (QED) is 0.811. The fourth-order valence-corrected chi connectivity index (χ4v) is 3.31. The molecule has 0 radical (unpaired) electrons. The second-order valence-electron chi connectivity index (χ2n) is 6.55. The van der Waals surface area contributed by atoms with E-state index in [1.165, 1.54) is 0 Å². The Bertz CT molecular complexity index is 497. The van der Waals surface area contributed by atoms with E-state index in [0.29, 0.717) is 24.8 Å². The van der Waals surface area contributed by atoms with Crippen molar-refractivity contribution in [2.75, 3.05) is 65.7 Å². The largest absolute Gasteiger partial charge is 0.491 e. The van der Waals surface area contributed by atoms with E-state index in [1.807, 2.05) is 24.3 Å². The van der Waals surface area contributed by atoms with E-state index in [4.69, 9.17) is 21.1 Å². The zero-order valence-corrected chi connectivity index (χ0v) is 14.2. The minimum absolute atomic E-state index is 0.0185. The molecule has 6 heteroatoms. The van der Waals surface area contributed by atoms with Gasteiger partial charge in [0, 0.05) is 39.3 Å². The van der Waals surface area contributed by atoms with Crippen molar-refractivity contribution in [3.05, 3.63) is 29.3 Å². The lowest BCUT2D eigenvalue weighted by Crippen LogP contribution is -2.57. The van der Waals surface area contributed by atoms with Crippen LogP contribution in [0.3, 0.4) is 0 Å². The van der Waals surface area contributed by atoms with Crippen LogP contribution >= 0.6 is 11.6 Å². The van der Waals surface area contributed by atoms with Crippen molar-refractivity contribution in [1.82, 2.24) is 9.80 Å². The van der Waals surface area contributed by atoms with E-state index in [9.17, 15) is 5.11 Å². The Kier molecular flexibility index (Phi) is 5.77. The molecule has 0 atom stereocenters. The van der Waals surface area contributed by atoms with Crippen LogP contribution in [0.5, 0.6) is 5.75 Å². The maximum absolute atomic E-state index is 9.52. The molecule has 1 aromatic carbocycles. The summed E-state index contributed by atoms with van der Waals surface area (Å²) in [5.41, 5.74) is -0.0185. The number of piperazine rings is 1. The molecule has 0 unspecified atom stereocenters. The van der Waals surface area contributed by atoms with Crippen LogP contribution in [-0.2, 0) is 4.74 Å². The van der Waals surface area contributed by atoms with Gasteiger partial charge in [0.15, 0.2) is 0 Å². The molecule has 1 N–H and O–H groups in total. The maximum Gasteiger partial charge on any atom is 0.137 e. The summed E-state index contributed by atoms with van der Waals surface area (Å²) in [5, 5.41) is 10.2. The van der Waals surface area contributed by atoms with Crippen molar-refractivity contribution < 1.29 is 14.6 Å². The Morgan fingerprint density at radius 1 is 1.13 bits per heavy atom. The van der Waals surface area contributed by atoms with Gasteiger partial charge in [0.05, 0.1) is 30.3 Å². The molecule has 2 aliphatic heterocycles. The number of aliphatic hydroxyl groups is 1. The predicted molar refractivity (Wildman–Crippen MR) is 90.2 cm³/mol. The van der Waals surface area contributed by atoms with E-state index >= 15 is 0 Å². The number of aliphatic hydroxyl groups excluding tert-OH is 1. The van der Waals surface area contributed by atoms with E-state index in [2.05, 4.69) is 9.80 Å². The van der Waals surface area contributed by atoms with Gasteiger partial charge < -0.3 is 14.6 Å². The molecule has 0 bridgehead atoms. The Morgan fingerprint density at radius 2 is 1.83 bits per heavy atom. The third-order valence-electron chi connectivity index (χ3n) is 4.68. The summed E-state index contributed by atoms with van der Waals surface area (Å²) in [6.45, 7) is 8.24. The number of para-hydroxylation sites is 1. The summed E-state index contributed by atoms with van der Waals surface area (Å²) in [6.07, 6.45) is 0. The molecule has 23 heavy (non-hydrogen) atoms. The molecule has 128 valence electrons. The topological polar surface area (TPSA) is 45.2 Å². The van der Waals surface area contributed by atoms with Crippen molar-refractivity contribution in [1.29, 1.82) is 0 Å². The number of hydrogen-bond donors (Lipinski definition) is 1. The first-order chi connectivity index (χ1) is 11.2. The molecule has 5 nitrogen and oxygen atoms in total. The molecule has 2 saturated heterocycles. The monoisotopic (exact) mass is 340 g/mol. The van der Waals surface area contributed by atoms with Crippen molar-refractivity contribution in [3.63, 3.8) is 0 Å². The average molecular weight is 341 g/mol. The third-order valence-corrected chi connectivity index (χ3v) is 4.99. The van der Waals surface area contributed by atoms with Gasteiger partial charge in [-0.1, -0.05) is 23.7 Å². The molecule has 1 aromatic rings. The van der Waals surface area contributed by atoms with Gasteiger partial charge in [0.1, 0.15) is 12.4 Å². The highest BCUT2D eigenvalue weighted by molar-refractivity contribution is 6.32. The smallest absolute Gasteiger partial charge is 0.137 e. The van der Waals surface area contributed by atoms with E-state index in [1.54, 1.807) is 0 Å². The zero-order chi connectivity index (χ0) is 16.1. The van der Waals surface area contributed by atoms with Crippen LogP contribution in [0, 0.1) is 5.41 Å². The van der Waals surface area contributed by atoms with Crippen molar-refractivity contribution >= 4 is 11.6 Å². The van der Waals surface area contributed by atoms with Crippen LogP contribution in [0.4, 0.5) is 0 Å². The average Bonchev–Trinajstić information content (AvgIpc) is 2.54. The highest BCUT2D eigenvalue weighted by Crippen LogP contribution is 2.28. The Hall–Kier alpha value is -0.850. The van der Waals surface area contributed by atoms with Gasteiger partial charge in [0.25, 0.3) is 0 Å². The summed E-state index contributed by atoms with van der Waals surface area (Å²) in [7, 11) is 0. The molecular weight excluding hydrogens is 316 g/mol. The van der Waals surface area contributed by atoms with Gasteiger partial charge in [-0.25, -0.2) is 0 Å².